The molecule has 1 aromatic rings. The average Bonchev–Trinajstić information content (AvgIpc) is 2.71. The molecule has 0 atom stereocenters. The predicted octanol–water partition coefficient (Wildman–Crippen LogP) is 3.91. The first-order valence-corrected chi connectivity index (χ1v) is 8.74. The number of urea groups is 1. The quantitative estimate of drug-likeness (QED) is 0.904. The number of nitrogens with zero attached hydrogens (tertiary/aromatic N) is 2. The third-order valence-corrected chi connectivity index (χ3v) is 5.15. The molecule has 0 radical (unpaired) electrons. The van der Waals surface area contributed by atoms with E-state index >= 15 is 0 Å². The van der Waals surface area contributed by atoms with E-state index in [1.807, 2.05) is 32.0 Å². The van der Waals surface area contributed by atoms with Gasteiger partial charge in [-0.15, -0.1) is 0 Å². The molecule has 5 heteroatoms. The summed E-state index contributed by atoms with van der Waals surface area (Å²) in [5, 5.41) is 12.2. The number of amides is 2. The predicted molar refractivity (Wildman–Crippen MR) is 96.3 cm³/mol. The van der Waals surface area contributed by atoms with Crippen molar-refractivity contribution in [2.24, 2.45) is 0 Å². The van der Waals surface area contributed by atoms with E-state index in [0.717, 1.165) is 29.9 Å². The van der Waals surface area contributed by atoms with Crippen molar-refractivity contribution in [3.05, 3.63) is 41.6 Å². The molecule has 2 aliphatic rings. The maximum Gasteiger partial charge on any atom is 0.322 e. The minimum absolute atomic E-state index is 0.0704. The summed E-state index contributed by atoms with van der Waals surface area (Å²) in [5.74, 6) is 1.06. The molecule has 25 heavy (non-hydrogen) atoms. The Labute approximate surface area is 149 Å². The lowest BCUT2D eigenvalue weighted by Gasteiger charge is -2.41. The van der Waals surface area contributed by atoms with E-state index in [-0.39, 0.29) is 29.6 Å². The molecule has 1 saturated carbocycles. The molecule has 0 aromatic heterocycles. The van der Waals surface area contributed by atoms with Gasteiger partial charge in [-0.25, -0.2) is 4.79 Å². The van der Waals surface area contributed by atoms with Crippen molar-refractivity contribution in [2.45, 2.75) is 64.1 Å². The minimum atomic E-state index is -0.387. The number of benzene rings is 1. The maximum atomic E-state index is 12.2. The van der Waals surface area contributed by atoms with Gasteiger partial charge in [0.25, 0.3) is 0 Å². The number of nitriles is 1. The molecule has 0 spiro atoms. The number of hydrogen-bond acceptors (Lipinski definition) is 3. The van der Waals surface area contributed by atoms with Crippen LogP contribution in [0.1, 0.15) is 57.6 Å². The zero-order valence-corrected chi connectivity index (χ0v) is 15.3. The first-order chi connectivity index (χ1) is 11.7. The zero-order valence-electron chi connectivity index (χ0n) is 15.3. The molecule has 3 rings (SSSR count). The topological polar surface area (TPSA) is 65.4 Å². The second-order valence-corrected chi connectivity index (χ2v) is 7.75. The van der Waals surface area contributed by atoms with Crippen LogP contribution < -0.4 is 10.1 Å². The van der Waals surface area contributed by atoms with E-state index in [1.165, 1.54) is 0 Å². The Hall–Kier alpha value is -2.48. The van der Waals surface area contributed by atoms with Gasteiger partial charge < -0.3 is 10.1 Å². The molecule has 0 unspecified atom stereocenters. The lowest BCUT2D eigenvalue weighted by Crippen LogP contribution is -2.49. The Morgan fingerprint density at radius 3 is 2.60 bits per heavy atom. The van der Waals surface area contributed by atoms with Gasteiger partial charge in [0.1, 0.15) is 11.9 Å². The molecule has 132 valence electrons. The van der Waals surface area contributed by atoms with Gasteiger partial charge in [-0.05, 0) is 43.5 Å². The third-order valence-electron chi connectivity index (χ3n) is 5.15. The molecule has 2 amide bonds. The van der Waals surface area contributed by atoms with Crippen LogP contribution in [0, 0.1) is 11.3 Å². The van der Waals surface area contributed by atoms with Gasteiger partial charge in [0, 0.05) is 24.6 Å². The first-order valence-electron chi connectivity index (χ1n) is 8.74. The Balaban J connectivity index is 1.63. The highest BCUT2D eigenvalue weighted by molar-refractivity contribution is 5.82. The molecule has 2 fully saturated rings. The molecular weight excluding hydrogens is 314 g/mol. The normalized spacial score (nSPS) is 24.7. The summed E-state index contributed by atoms with van der Waals surface area (Å²) < 4.78 is 6.06. The number of hydrogen-bond donors (Lipinski definition) is 1. The highest BCUT2D eigenvalue weighted by Gasteiger charge is 2.47. The second-order valence-electron chi connectivity index (χ2n) is 7.75. The Morgan fingerprint density at radius 2 is 2.08 bits per heavy atom. The Morgan fingerprint density at radius 1 is 1.40 bits per heavy atom. The summed E-state index contributed by atoms with van der Waals surface area (Å²) >= 11 is 0. The Kier molecular flexibility index (Phi) is 4.24. The monoisotopic (exact) mass is 339 g/mol. The van der Waals surface area contributed by atoms with Crippen molar-refractivity contribution in [1.29, 1.82) is 5.26 Å². The molecule has 5 nitrogen and oxygen atoms in total. The minimum Gasteiger partial charge on any atom is -0.490 e. The molecule has 1 aliphatic carbocycles. The molecule has 1 aromatic carbocycles. The molecular formula is C20H25N3O2. The number of carbonyl (C=O) groups excluding carboxylic acids is 1. The molecule has 1 N–H and O–H groups in total. The van der Waals surface area contributed by atoms with Crippen molar-refractivity contribution in [2.75, 3.05) is 0 Å². The maximum absolute atomic E-state index is 12.2. The highest BCUT2D eigenvalue weighted by atomic mass is 16.5. The van der Waals surface area contributed by atoms with Crippen molar-refractivity contribution in [3.8, 4) is 11.8 Å². The van der Waals surface area contributed by atoms with Gasteiger partial charge >= 0.3 is 6.03 Å². The van der Waals surface area contributed by atoms with Crippen LogP contribution in [0.5, 0.6) is 5.75 Å². The summed E-state index contributed by atoms with van der Waals surface area (Å²) in [7, 11) is 0. The number of rotatable bonds is 4. The van der Waals surface area contributed by atoms with Crippen LogP contribution in [0.3, 0.4) is 0 Å². The van der Waals surface area contributed by atoms with Crippen LogP contribution in [-0.4, -0.2) is 28.6 Å². The standard InChI is InChI=1S/C20H25N3O2/c1-12(2)18-10-16(7-6-14(18)11-21)25-17-8-15(9-17)23-13(3)20(4,5)22-19(23)24/h6-7,10,12,15,17H,3,8-9H2,1-2,4-5H3,(H,22,24). The van der Waals surface area contributed by atoms with Gasteiger partial charge in [0.15, 0.2) is 0 Å². The lowest BCUT2D eigenvalue weighted by molar-refractivity contribution is 0.0501. The van der Waals surface area contributed by atoms with E-state index in [9.17, 15) is 10.1 Å². The number of carbonyl (C=O) groups is 1. The van der Waals surface area contributed by atoms with E-state index in [1.54, 1.807) is 4.90 Å². The van der Waals surface area contributed by atoms with E-state index < -0.39 is 0 Å². The molecule has 1 aliphatic heterocycles. The van der Waals surface area contributed by atoms with E-state index in [2.05, 4.69) is 31.8 Å². The smallest absolute Gasteiger partial charge is 0.322 e. The van der Waals surface area contributed by atoms with Crippen molar-refractivity contribution in [1.82, 2.24) is 10.2 Å². The van der Waals surface area contributed by atoms with E-state index in [4.69, 9.17) is 4.74 Å². The van der Waals surface area contributed by atoms with Crippen LogP contribution in [0.15, 0.2) is 30.5 Å². The van der Waals surface area contributed by atoms with E-state index in [0.29, 0.717) is 5.56 Å². The van der Waals surface area contributed by atoms with Gasteiger partial charge in [-0.1, -0.05) is 20.4 Å². The second kappa shape index (κ2) is 6.11. The number of nitrogens with one attached hydrogen (secondary N) is 1. The van der Waals surface area contributed by atoms with Gasteiger partial charge in [0.2, 0.25) is 0 Å². The van der Waals surface area contributed by atoms with Crippen molar-refractivity contribution < 1.29 is 9.53 Å². The van der Waals surface area contributed by atoms with Crippen LogP contribution in [-0.2, 0) is 0 Å². The molecule has 1 heterocycles. The van der Waals surface area contributed by atoms with Gasteiger partial charge in [-0.3, -0.25) is 4.90 Å². The SMILES string of the molecule is C=C1N(C2CC(Oc3ccc(C#N)c(C(C)C)c3)C2)C(=O)NC1(C)C. The summed E-state index contributed by atoms with van der Waals surface area (Å²) in [6, 6.07) is 7.93. The fraction of sp³-hybridized carbons (Fsp3) is 0.500. The summed E-state index contributed by atoms with van der Waals surface area (Å²) in [6.07, 6.45) is 1.67. The highest BCUT2D eigenvalue weighted by Crippen LogP contribution is 2.37. The zero-order chi connectivity index (χ0) is 18.4. The fourth-order valence-corrected chi connectivity index (χ4v) is 3.44. The molecule has 0 bridgehead atoms. The fourth-order valence-electron chi connectivity index (χ4n) is 3.44. The van der Waals surface area contributed by atoms with Crippen molar-refractivity contribution >= 4 is 6.03 Å². The van der Waals surface area contributed by atoms with Crippen LogP contribution in [0.25, 0.3) is 0 Å². The third kappa shape index (κ3) is 3.09. The van der Waals surface area contributed by atoms with Gasteiger partial charge in [-0.2, -0.15) is 5.26 Å². The average molecular weight is 339 g/mol. The summed E-state index contributed by atoms with van der Waals surface area (Å²) in [6.45, 7) is 12.1. The lowest BCUT2D eigenvalue weighted by atomic mass is 9.87. The largest absolute Gasteiger partial charge is 0.490 e. The van der Waals surface area contributed by atoms with Crippen LogP contribution >= 0.6 is 0 Å². The first kappa shape index (κ1) is 17.3. The summed E-state index contributed by atoms with van der Waals surface area (Å²) in [4.78, 5) is 13.9. The van der Waals surface area contributed by atoms with Crippen LogP contribution in [0.2, 0.25) is 0 Å². The Bertz CT molecular complexity index is 755. The number of ether oxygens (including phenoxy) is 1. The van der Waals surface area contributed by atoms with Crippen LogP contribution in [0.4, 0.5) is 4.79 Å². The summed E-state index contributed by atoms with van der Waals surface area (Å²) in [5.41, 5.74) is 2.13. The van der Waals surface area contributed by atoms with Gasteiger partial charge in [0.05, 0.1) is 17.2 Å². The van der Waals surface area contributed by atoms with Crippen molar-refractivity contribution in [3.63, 3.8) is 0 Å². The molecule has 1 saturated heterocycles.